The van der Waals surface area contributed by atoms with Gasteiger partial charge in [0, 0.05) is 18.7 Å². The maximum atomic E-state index is 6.21. The predicted octanol–water partition coefficient (Wildman–Crippen LogP) is 4.02. The maximum absolute atomic E-state index is 6.21. The largest absolute Gasteiger partial charge is 0.384 e. The third kappa shape index (κ3) is 2.88. The van der Waals surface area contributed by atoms with Crippen molar-refractivity contribution in [2.45, 2.75) is 26.3 Å². The van der Waals surface area contributed by atoms with E-state index in [2.05, 4.69) is 16.5 Å². The lowest BCUT2D eigenvalue weighted by Gasteiger charge is -2.15. The second-order valence-electron chi connectivity index (χ2n) is 4.87. The second kappa shape index (κ2) is 6.12. The van der Waals surface area contributed by atoms with E-state index in [4.69, 9.17) is 27.9 Å². The molecule has 0 N–H and O–H groups in total. The van der Waals surface area contributed by atoms with Crippen molar-refractivity contribution in [2.24, 2.45) is 5.92 Å². The molecule has 0 saturated heterocycles. The first kappa shape index (κ1) is 14.6. The Hall–Kier alpha value is -0.770. The molecular formula is C14H18Cl2N2O. The zero-order valence-corrected chi connectivity index (χ0v) is 12.9. The molecule has 1 aromatic heterocycles. The molecule has 1 atom stereocenters. The molecule has 0 amide bonds. The zero-order valence-electron chi connectivity index (χ0n) is 11.4. The third-order valence-electron chi connectivity index (χ3n) is 3.24. The van der Waals surface area contributed by atoms with E-state index in [9.17, 15) is 0 Å². The highest BCUT2D eigenvalue weighted by Crippen LogP contribution is 2.27. The highest BCUT2D eigenvalue weighted by Gasteiger charge is 2.15. The van der Waals surface area contributed by atoms with Crippen LogP contribution in [0.1, 0.15) is 18.3 Å². The molecule has 104 valence electrons. The summed E-state index contributed by atoms with van der Waals surface area (Å²) in [5.41, 5.74) is 3.07. The summed E-state index contributed by atoms with van der Waals surface area (Å²) < 4.78 is 7.36. The van der Waals surface area contributed by atoms with E-state index in [0.717, 1.165) is 34.0 Å². The summed E-state index contributed by atoms with van der Waals surface area (Å²) in [7, 11) is 1.72. The van der Waals surface area contributed by atoms with Gasteiger partial charge in [0.2, 0.25) is 0 Å². The third-order valence-corrected chi connectivity index (χ3v) is 3.89. The standard InChI is InChI=1S/C14H18Cl2N2O/c1-9(8-19-3)7-18-13(6-15)17-12-5-4-11(16)10(2)14(12)18/h4-5,9H,6-8H2,1-3H3. The smallest absolute Gasteiger partial charge is 0.124 e. The van der Waals surface area contributed by atoms with Crippen LogP contribution in [-0.2, 0) is 17.2 Å². The fourth-order valence-electron chi connectivity index (χ4n) is 2.37. The number of halogens is 2. The molecule has 2 rings (SSSR count). The minimum absolute atomic E-state index is 0.391. The Morgan fingerprint density at radius 3 is 2.79 bits per heavy atom. The molecule has 1 aromatic carbocycles. The van der Waals surface area contributed by atoms with E-state index in [1.165, 1.54) is 0 Å². The molecule has 0 spiro atoms. The van der Waals surface area contributed by atoms with E-state index in [1.54, 1.807) is 7.11 Å². The number of benzene rings is 1. The van der Waals surface area contributed by atoms with E-state index < -0.39 is 0 Å². The van der Waals surface area contributed by atoms with Crippen molar-refractivity contribution < 1.29 is 4.74 Å². The number of fused-ring (bicyclic) bond motifs is 1. The van der Waals surface area contributed by atoms with Crippen LogP contribution >= 0.6 is 23.2 Å². The van der Waals surface area contributed by atoms with Crippen molar-refractivity contribution in [1.29, 1.82) is 0 Å². The van der Waals surface area contributed by atoms with Crippen molar-refractivity contribution in [1.82, 2.24) is 9.55 Å². The molecule has 1 unspecified atom stereocenters. The number of ether oxygens (including phenoxy) is 1. The Morgan fingerprint density at radius 2 is 2.16 bits per heavy atom. The summed E-state index contributed by atoms with van der Waals surface area (Å²) in [6, 6.07) is 3.82. The van der Waals surface area contributed by atoms with Gasteiger partial charge in [-0.2, -0.15) is 0 Å². The lowest BCUT2D eigenvalue weighted by molar-refractivity contribution is 0.151. The van der Waals surface area contributed by atoms with Crippen LogP contribution in [0.5, 0.6) is 0 Å². The van der Waals surface area contributed by atoms with Gasteiger partial charge in [-0.15, -0.1) is 11.6 Å². The van der Waals surface area contributed by atoms with Crippen LogP contribution in [-0.4, -0.2) is 23.3 Å². The van der Waals surface area contributed by atoms with Crippen LogP contribution in [0.3, 0.4) is 0 Å². The monoisotopic (exact) mass is 300 g/mol. The van der Waals surface area contributed by atoms with Crippen molar-refractivity contribution in [3.05, 3.63) is 28.5 Å². The summed E-state index contributed by atoms with van der Waals surface area (Å²) in [6.07, 6.45) is 0. The average Bonchev–Trinajstić information content (AvgIpc) is 2.73. The zero-order chi connectivity index (χ0) is 14.0. The molecule has 3 nitrogen and oxygen atoms in total. The lowest BCUT2D eigenvalue weighted by Crippen LogP contribution is -2.14. The summed E-state index contributed by atoms with van der Waals surface area (Å²) in [5.74, 6) is 1.67. The molecule has 1 heterocycles. The van der Waals surface area contributed by atoms with Crippen LogP contribution in [0.15, 0.2) is 12.1 Å². The summed E-state index contributed by atoms with van der Waals surface area (Å²) in [6.45, 7) is 5.70. The van der Waals surface area contributed by atoms with Gasteiger partial charge in [0.1, 0.15) is 5.82 Å². The van der Waals surface area contributed by atoms with Crippen LogP contribution < -0.4 is 0 Å². The molecule has 0 bridgehead atoms. The van der Waals surface area contributed by atoms with Gasteiger partial charge in [-0.05, 0) is 30.5 Å². The predicted molar refractivity (Wildman–Crippen MR) is 80.1 cm³/mol. The van der Waals surface area contributed by atoms with Crippen LogP contribution in [0, 0.1) is 12.8 Å². The number of methoxy groups -OCH3 is 1. The molecule has 0 radical (unpaired) electrons. The highest BCUT2D eigenvalue weighted by molar-refractivity contribution is 6.32. The molecule has 19 heavy (non-hydrogen) atoms. The van der Waals surface area contributed by atoms with Gasteiger partial charge in [0.25, 0.3) is 0 Å². The number of hydrogen-bond acceptors (Lipinski definition) is 2. The molecule has 2 aromatic rings. The Kier molecular flexibility index (Phi) is 4.71. The number of aryl methyl sites for hydroxylation is 1. The quantitative estimate of drug-likeness (QED) is 0.780. The van der Waals surface area contributed by atoms with Gasteiger partial charge >= 0.3 is 0 Å². The molecular weight excluding hydrogens is 283 g/mol. The van der Waals surface area contributed by atoms with Crippen molar-refractivity contribution in [3.8, 4) is 0 Å². The topological polar surface area (TPSA) is 27.1 Å². The minimum atomic E-state index is 0.391. The molecule has 0 aliphatic carbocycles. The Morgan fingerprint density at radius 1 is 1.42 bits per heavy atom. The van der Waals surface area contributed by atoms with E-state index in [1.807, 2.05) is 19.1 Å². The maximum Gasteiger partial charge on any atom is 0.124 e. The fraction of sp³-hybridized carbons (Fsp3) is 0.500. The summed E-state index contributed by atoms with van der Waals surface area (Å²) >= 11 is 12.2. The Balaban J connectivity index is 2.52. The Labute approximate surface area is 123 Å². The number of nitrogens with zero attached hydrogens (tertiary/aromatic N) is 2. The van der Waals surface area contributed by atoms with Gasteiger partial charge in [-0.25, -0.2) is 4.98 Å². The van der Waals surface area contributed by atoms with Crippen LogP contribution in [0.25, 0.3) is 11.0 Å². The van der Waals surface area contributed by atoms with Crippen molar-refractivity contribution >= 4 is 34.2 Å². The summed E-state index contributed by atoms with van der Waals surface area (Å²) in [5, 5.41) is 0.758. The highest BCUT2D eigenvalue weighted by atomic mass is 35.5. The van der Waals surface area contributed by atoms with Crippen LogP contribution in [0.2, 0.25) is 5.02 Å². The molecule has 0 saturated carbocycles. The van der Waals surface area contributed by atoms with Gasteiger partial charge in [0.05, 0.1) is 23.5 Å². The number of rotatable bonds is 5. The van der Waals surface area contributed by atoms with Gasteiger partial charge in [-0.1, -0.05) is 18.5 Å². The number of alkyl halides is 1. The molecule has 0 aliphatic rings. The Bertz CT molecular complexity index is 580. The van der Waals surface area contributed by atoms with E-state index in [-0.39, 0.29) is 0 Å². The second-order valence-corrected chi connectivity index (χ2v) is 5.55. The minimum Gasteiger partial charge on any atom is -0.384 e. The molecule has 0 aliphatic heterocycles. The van der Waals surface area contributed by atoms with Gasteiger partial charge in [0.15, 0.2) is 0 Å². The normalized spacial score (nSPS) is 13.1. The number of aromatic nitrogens is 2. The fourth-order valence-corrected chi connectivity index (χ4v) is 2.72. The first-order valence-corrected chi connectivity index (χ1v) is 7.18. The number of hydrogen-bond donors (Lipinski definition) is 0. The van der Waals surface area contributed by atoms with E-state index in [0.29, 0.717) is 18.4 Å². The number of imidazole rings is 1. The summed E-state index contributed by atoms with van der Waals surface area (Å²) in [4.78, 5) is 4.58. The van der Waals surface area contributed by atoms with Gasteiger partial charge in [-0.3, -0.25) is 0 Å². The first-order chi connectivity index (χ1) is 9.08. The van der Waals surface area contributed by atoms with Gasteiger partial charge < -0.3 is 9.30 Å². The lowest BCUT2D eigenvalue weighted by atomic mass is 10.1. The van der Waals surface area contributed by atoms with Crippen LogP contribution in [0.4, 0.5) is 0 Å². The van der Waals surface area contributed by atoms with Crippen molar-refractivity contribution in [3.63, 3.8) is 0 Å². The molecule has 5 heteroatoms. The van der Waals surface area contributed by atoms with E-state index >= 15 is 0 Å². The van der Waals surface area contributed by atoms with Crippen molar-refractivity contribution in [2.75, 3.05) is 13.7 Å². The first-order valence-electron chi connectivity index (χ1n) is 6.27. The average molecular weight is 301 g/mol. The molecule has 0 fully saturated rings. The SMILES string of the molecule is COCC(C)Cn1c(CCl)nc2ccc(Cl)c(C)c21.